The molecule has 0 N–H and O–H groups in total. The first kappa shape index (κ1) is 9.50. The van der Waals surface area contributed by atoms with E-state index in [4.69, 9.17) is 23.2 Å². The van der Waals surface area contributed by atoms with Crippen LogP contribution in [0.4, 0.5) is 0 Å². The summed E-state index contributed by atoms with van der Waals surface area (Å²) >= 11 is 11.6. The average Bonchev–Trinajstić information content (AvgIpc) is 2.23. The molecule has 1 aromatic carbocycles. The van der Waals surface area contributed by atoms with Crippen LogP contribution in [0.5, 0.6) is 0 Å². The number of hydrogen-bond donors (Lipinski definition) is 0. The molecule has 0 spiro atoms. The van der Waals surface area contributed by atoms with Gasteiger partial charge in [-0.05, 0) is 11.6 Å². The Morgan fingerprint density at radius 3 is 2.29 bits per heavy atom. The third-order valence-corrected chi connectivity index (χ3v) is 2.59. The predicted octanol–water partition coefficient (Wildman–Crippen LogP) is 4.06. The third-order valence-electron chi connectivity index (χ3n) is 1.90. The van der Waals surface area contributed by atoms with E-state index in [1.165, 1.54) is 0 Å². The molecule has 0 bridgehead atoms. The van der Waals surface area contributed by atoms with Crippen molar-refractivity contribution < 1.29 is 0 Å². The number of aromatic nitrogens is 1. The summed E-state index contributed by atoms with van der Waals surface area (Å²) in [6, 6.07) is 11.7. The molecule has 0 aliphatic rings. The lowest BCUT2D eigenvalue weighted by Crippen LogP contribution is -1.81. The van der Waals surface area contributed by atoms with Crippen LogP contribution in [-0.2, 0) is 0 Å². The fraction of sp³-hybridized carbons (Fsp3) is 0. The number of benzene rings is 1. The maximum atomic E-state index is 5.87. The molecule has 1 heterocycles. The minimum Gasteiger partial charge on any atom is -0.242 e. The van der Waals surface area contributed by atoms with Crippen LogP contribution in [0.1, 0.15) is 0 Å². The molecule has 2 rings (SSSR count). The summed E-state index contributed by atoms with van der Waals surface area (Å²) in [5.74, 6) is 0. The van der Waals surface area contributed by atoms with Gasteiger partial charge in [0, 0.05) is 11.8 Å². The van der Waals surface area contributed by atoms with Crippen LogP contribution < -0.4 is 0 Å². The quantitative estimate of drug-likeness (QED) is 0.665. The van der Waals surface area contributed by atoms with Gasteiger partial charge in [0.15, 0.2) is 0 Å². The highest BCUT2D eigenvalue weighted by Crippen LogP contribution is 2.25. The molecule has 70 valence electrons. The van der Waals surface area contributed by atoms with Crippen molar-refractivity contribution in [3.63, 3.8) is 0 Å². The minimum atomic E-state index is 0.339. The van der Waals surface area contributed by atoms with Gasteiger partial charge in [-0.1, -0.05) is 53.5 Å². The molecule has 3 heteroatoms. The SMILES string of the molecule is Clc1cc(-c2ccccc2)cnc1Cl. The van der Waals surface area contributed by atoms with Gasteiger partial charge in [-0.3, -0.25) is 0 Å². The number of halogens is 2. The molecule has 0 unspecified atom stereocenters. The van der Waals surface area contributed by atoms with E-state index in [2.05, 4.69) is 4.98 Å². The van der Waals surface area contributed by atoms with Crippen LogP contribution >= 0.6 is 23.2 Å². The standard InChI is InChI=1S/C11H7Cl2N/c12-10-6-9(7-14-11(10)13)8-4-2-1-3-5-8/h1-7H. The van der Waals surface area contributed by atoms with E-state index < -0.39 is 0 Å². The Kier molecular flexibility index (Phi) is 2.71. The second-order valence-electron chi connectivity index (χ2n) is 2.86. The van der Waals surface area contributed by atoms with Crippen molar-refractivity contribution in [3.05, 3.63) is 52.8 Å². The van der Waals surface area contributed by atoms with Crippen LogP contribution in [0, 0.1) is 0 Å². The zero-order chi connectivity index (χ0) is 9.97. The van der Waals surface area contributed by atoms with Gasteiger partial charge in [0.25, 0.3) is 0 Å². The van der Waals surface area contributed by atoms with Crippen LogP contribution in [0.25, 0.3) is 11.1 Å². The summed E-state index contributed by atoms with van der Waals surface area (Å²) in [5, 5.41) is 0.819. The Hall–Kier alpha value is -1.05. The Morgan fingerprint density at radius 1 is 0.929 bits per heavy atom. The Morgan fingerprint density at radius 2 is 1.64 bits per heavy atom. The number of pyridine rings is 1. The number of hydrogen-bond acceptors (Lipinski definition) is 1. The van der Waals surface area contributed by atoms with Crippen LogP contribution in [0.3, 0.4) is 0 Å². The van der Waals surface area contributed by atoms with Gasteiger partial charge in [-0.15, -0.1) is 0 Å². The second-order valence-corrected chi connectivity index (χ2v) is 3.63. The maximum Gasteiger partial charge on any atom is 0.147 e. The summed E-state index contributed by atoms with van der Waals surface area (Å²) in [6.45, 7) is 0. The van der Waals surface area contributed by atoms with Gasteiger partial charge >= 0.3 is 0 Å². The summed E-state index contributed by atoms with van der Waals surface area (Å²) in [6.07, 6.45) is 1.71. The smallest absolute Gasteiger partial charge is 0.147 e. The lowest BCUT2D eigenvalue weighted by molar-refractivity contribution is 1.33. The number of rotatable bonds is 1. The highest BCUT2D eigenvalue weighted by molar-refractivity contribution is 6.41. The molecule has 0 aliphatic heterocycles. The highest BCUT2D eigenvalue weighted by atomic mass is 35.5. The van der Waals surface area contributed by atoms with E-state index in [0.29, 0.717) is 10.2 Å². The average molecular weight is 224 g/mol. The third kappa shape index (κ3) is 1.89. The second kappa shape index (κ2) is 3.99. The molecular weight excluding hydrogens is 217 g/mol. The Balaban J connectivity index is 2.48. The van der Waals surface area contributed by atoms with Gasteiger partial charge in [-0.25, -0.2) is 4.98 Å². The fourth-order valence-corrected chi connectivity index (χ4v) is 1.48. The van der Waals surface area contributed by atoms with Gasteiger partial charge in [0.1, 0.15) is 5.15 Å². The molecule has 0 saturated carbocycles. The van der Waals surface area contributed by atoms with Crippen LogP contribution in [0.2, 0.25) is 10.2 Å². The lowest BCUT2D eigenvalue weighted by atomic mass is 10.1. The fourth-order valence-electron chi connectivity index (χ4n) is 1.21. The van der Waals surface area contributed by atoms with Gasteiger partial charge in [0.05, 0.1) is 5.02 Å². The molecule has 0 amide bonds. The zero-order valence-electron chi connectivity index (χ0n) is 7.24. The van der Waals surface area contributed by atoms with E-state index in [1.54, 1.807) is 6.20 Å². The molecule has 2 aromatic rings. The van der Waals surface area contributed by atoms with Crippen molar-refractivity contribution in [1.82, 2.24) is 4.98 Å². The summed E-state index contributed by atoms with van der Waals surface area (Å²) in [4.78, 5) is 3.99. The first-order valence-corrected chi connectivity index (χ1v) is 4.89. The van der Waals surface area contributed by atoms with Crippen LogP contribution in [-0.4, -0.2) is 4.98 Å². The Bertz CT molecular complexity index is 440. The largest absolute Gasteiger partial charge is 0.242 e. The molecule has 1 nitrogen and oxygen atoms in total. The molecule has 0 aliphatic carbocycles. The summed E-state index contributed by atoms with van der Waals surface area (Å²) in [5.41, 5.74) is 2.05. The molecule has 0 saturated heterocycles. The van der Waals surface area contributed by atoms with Crippen molar-refractivity contribution in [2.24, 2.45) is 0 Å². The first-order chi connectivity index (χ1) is 6.77. The van der Waals surface area contributed by atoms with Gasteiger partial charge in [0.2, 0.25) is 0 Å². The van der Waals surface area contributed by atoms with Crippen LogP contribution in [0.15, 0.2) is 42.6 Å². The Labute approximate surface area is 92.3 Å². The van der Waals surface area contributed by atoms with E-state index >= 15 is 0 Å². The van der Waals surface area contributed by atoms with Crippen molar-refractivity contribution in [3.8, 4) is 11.1 Å². The van der Waals surface area contributed by atoms with Gasteiger partial charge < -0.3 is 0 Å². The number of nitrogens with zero attached hydrogens (tertiary/aromatic N) is 1. The molecular formula is C11H7Cl2N. The lowest BCUT2D eigenvalue weighted by Gasteiger charge is -2.01. The van der Waals surface area contributed by atoms with E-state index in [1.807, 2.05) is 36.4 Å². The minimum absolute atomic E-state index is 0.339. The van der Waals surface area contributed by atoms with Gasteiger partial charge in [-0.2, -0.15) is 0 Å². The van der Waals surface area contributed by atoms with E-state index in [9.17, 15) is 0 Å². The van der Waals surface area contributed by atoms with Crippen molar-refractivity contribution in [1.29, 1.82) is 0 Å². The summed E-state index contributed by atoms with van der Waals surface area (Å²) < 4.78 is 0. The normalized spacial score (nSPS) is 10.1. The zero-order valence-corrected chi connectivity index (χ0v) is 8.76. The molecule has 14 heavy (non-hydrogen) atoms. The molecule has 0 atom stereocenters. The van der Waals surface area contributed by atoms with Crippen molar-refractivity contribution >= 4 is 23.2 Å². The monoisotopic (exact) mass is 223 g/mol. The summed E-state index contributed by atoms with van der Waals surface area (Å²) in [7, 11) is 0. The molecule has 0 radical (unpaired) electrons. The first-order valence-electron chi connectivity index (χ1n) is 4.14. The maximum absolute atomic E-state index is 5.87. The molecule has 1 aromatic heterocycles. The van der Waals surface area contributed by atoms with E-state index in [0.717, 1.165) is 11.1 Å². The van der Waals surface area contributed by atoms with Crippen molar-refractivity contribution in [2.75, 3.05) is 0 Å². The van der Waals surface area contributed by atoms with E-state index in [-0.39, 0.29) is 0 Å². The van der Waals surface area contributed by atoms with Crippen molar-refractivity contribution in [2.45, 2.75) is 0 Å². The predicted molar refractivity (Wildman–Crippen MR) is 59.7 cm³/mol. The molecule has 0 fully saturated rings. The topological polar surface area (TPSA) is 12.9 Å². The highest BCUT2D eigenvalue weighted by Gasteiger charge is 2.01.